The van der Waals surface area contributed by atoms with Crippen molar-refractivity contribution in [1.82, 2.24) is 0 Å². The molecule has 0 spiro atoms. The number of aliphatic hydroxyl groups is 1. The Bertz CT molecular complexity index is 254. The fourth-order valence-corrected chi connectivity index (χ4v) is 1.40. The number of aryl methyl sites for hydroxylation is 1. The fraction of sp³-hybridized carbons (Fsp3) is 0.500. The van der Waals surface area contributed by atoms with Crippen molar-refractivity contribution in [3.05, 3.63) is 35.4 Å². The second kappa shape index (κ2) is 5.78. The average Bonchev–Trinajstić information content (AvgIpc) is 2.20. The van der Waals surface area contributed by atoms with Gasteiger partial charge in [0.2, 0.25) is 0 Å². The molecular weight excluding hydrogens is 176 g/mol. The molecule has 0 aliphatic carbocycles. The molecule has 2 nitrogen and oxygen atoms in total. The van der Waals surface area contributed by atoms with Crippen LogP contribution in [0.3, 0.4) is 0 Å². The normalized spacial score (nSPS) is 12.8. The molecule has 0 aliphatic heterocycles. The van der Waals surface area contributed by atoms with Gasteiger partial charge in [0, 0.05) is 13.0 Å². The maximum absolute atomic E-state index is 9.05. The standard InChI is InChI=1S/C12H18O2/c1-3-14-12(9-13)8-11-6-4-10(2)5-7-11/h4-7,12-13H,3,8-9H2,1-2H3/t12-/m0/s1. The minimum Gasteiger partial charge on any atom is -0.394 e. The van der Waals surface area contributed by atoms with E-state index in [-0.39, 0.29) is 12.7 Å². The molecule has 1 aromatic carbocycles. The first-order chi connectivity index (χ1) is 6.76. The first kappa shape index (κ1) is 11.2. The Morgan fingerprint density at radius 2 is 1.93 bits per heavy atom. The Labute approximate surface area is 85.5 Å². The van der Waals surface area contributed by atoms with E-state index in [1.807, 2.05) is 6.92 Å². The van der Waals surface area contributed by atoms with Crippen LogP contribution in [0.4, 0.5) is 0 Å². The smallest absolute Gasteiger partial charge is 0.0845 e. The summed E-state index contributed by atoms with van der Waals surface area (Å²) in [7, 11) is 0. The number of benzene rings is 1. The summed E-state index contributed by atoms with van der Waals surface area (Å²) in [5.74, 6) is 0. The van der Waals surface area contributed by atoms with Gasteiger partial charge in [0.15, 0.2) is 0 Å². The Kier molecular flexibility index (Phi) is 4.63. The fourth-order valence-electron chi connectivity index (χ4n) is 1.40. The summed E-state index contributed by atoms with van der Waals surface area (Å²) in [5, 5.41) is 9.05. The lowest BCUT2D eigenvalue weighted by Gasteiger charge is -2.14. The molecule has 0 radical (unpaired) electrons. The van der Waals surface area contributed by atoms with Gasteiger partial charge in [0.25, 0.3) is 0 Å². The number of aliphatic hydroxyl groups excluding tert-OH is 1. The molecule has 0 aromatic heterocycles. The van der Waals surface area contributed by atoms with E-state index in [0.717, 1.165) is 6.42 Å². The van der Waals surface area contributed by atoms with Crippen LogP contribution in [0.5, 0.6) is 0 Å². The minimum atomic E-state index is -0.0669. The molecule has 78 valence electrons. The Morgan fingerprint density at radius 1 is 1.29 bits per heavy atom. The second-order valence-electron chi connectivity index (χ2n) is 3.45. The van der Waals surface area contributed by atoms with Crippen molar-refractivity contribution in [1.29, 1.82) is 0 Å². The first-order valence-electron chi connectivity index (χ1n) is 5.04. The first-order valence-corrected chi connectivity index (χ1v) is 5.04. The predicted octanol–water partition coefficient (Wildman–Crippen LogP) is 1.93. The van der Waals surface area contributed by atoms with Gasteiger partial charge in [0.05, 0.1) is 12.7 Å². The highest BCUT2D eigenvalue weighted by atomic mass is 16.5. The Balaban J connectivity index is 2.53. The number of rotatable bonds is 5. The zero-order valence-corrected chi connectivity index (χ0v) is 8.86. The van der Waals surface area contributed by atoms with Gasteiger partial charge < -0.3 is 9.84 Å². The van der Waals surface area contributed by atoms with Crippen molar-refractivity contribution in [3.8, 4) is 0 Å². The monoisotopic (exact) mass is 194 g/mol. The molecule has 0 heterocycles. The molecule has 0 aliphatic rings. The SMILES string of the molecule is CCO[C@H](CO)Cc1ccc(C)cc1. The molecule has 0 saturated carbocycles. The number of ether oxygens (including phenoxy) is 1. The molecule has 1 N–H and O–H groups in total. The van der Waals surface area contributed by atoms with E-state index in [1.54, 1.807) is 0 Å². The molecule has 0 bridgehead atoms. The third kappa shape index (κ3) is 3.48. The summed E-state index contributed by atoms with van der Waals surface area (Å²) in [6.45, 7) is 4.74. The van der Waals surface area contributed by atoms with Crippen molar-refractivity contribution in [2.75, 3.05) is 13.2 Å². The van der Waals surface area contributed by atoms with Gasteiger partial charge in [-0.2, -0.15) is 0 Å². The second-order valence-corrected chi connectivity index (χ2v) is 3.45. The van der Waals surface area contributed by atoms with Crippen molar-refractivity contribution in [3.63, 3.8) is 0 Å². The van der Waals surface area contributed by atoms with Crippen LogP contribution < -0.4 is 0 Å². The van der Waals surface area contributed by atoms with Crippen molar-refractivity contribution >= 4 is 0 Å². The molecule has 0 saturated heterocycles. The summed E-state index contributed by atoms with van der Waals surface area (Å²) in [4.78, 5) is 0. The van der Waals surface area contributed by atoms with Gasteiger partial charge in [-0.15, -0.1) is 0 Å². The summed E-state index contributed by atoms with van der Waals surface area (Å²) in [5.41, 5.74) is 2.47. The zero-order chi connectivity index (χ0) is 10.4. The van der Waals surface area contributed by atoms with Gasteiger partial charge in [-0.25, -0.2) is 0 Å². The average molecular weight is 194 g/mol. The van der Waals surface area contributed by atoms with Crippen LogP contribution in [-0.2, 0) is 11.2 Å². The molecule has 0 fully saturated rings. The van der Waals surface area contributed by atoms with Gasteiger partial charge in [-0.3, -0.25) is 0 Å². The van der Waals surface area contributed by atoms with E-state index in [4.69, 9.17) is 9.84 Å². The van der Waals surface area contributed by atoms with Gasteiger partial charge in [0.1, 0.15) is 0 Å². The van der Waals surface area contributed by atoms with E-state index in [0.29, 0.717) is 6.61 Å². The van der Waals surface area contributed by atoms with Crippen molar-refractivity contribution < 1.29 is 9.84 Å². The molecule has 1 atom stereocenters. The van der Waals surface area contributed by atoms with E-state index in [1.165, 1.54) is 11.1 Å². The van der Waals surface area contributed by atoms with E-state index >= 15 is 0 Å². The van der Waals surface area contributed by atoms with Crippen LogP contribution in [0, 0.1) is 6.92 Å². The van der Waals surface area contributed by atoms with Gasteiger partial charge >= 0.3 is 0 Å². The van der Waals surface area contributed by atoms with Gasteiger partial charge in [-0.05, 0) is 19.4 Å². The maximum Gasteiger partial charge on any atom is 0.0845 e. The van der Waals surface area contributed by atoms with Crippen molar-refractivity contribution in [2.45, 2.75) is 26.4 Å². The summed E-state index contributed by atoms with van der Waals surface area (Å²) >= 11 is 0. The third-order valence-electron chi connectivity index (χ3n) is 2.19. The minimum absolute atomic E-state index is 0.0669. The van der Waals surface area contributed by atoms with Crippen LogP contribution >= 0.6 is 0 Å². The van der Waals surface area contributed by atoms with Crippen LogP contribution in [0.25, 0.3) is 0 Å². The third-order valence-corrected chi connectivity index (χ3v) is 2.19. The number of hydrogen-bond acceptors (Lipinski definition) is 2. The Morgan fingerprint density at radius 3 is 2.43 bits per heavy atom. The maximum atomic E-state index is 9.05. The summed E-state index contributed by atoms with van der Waals surface area (Å²) in [6, 6.07) is 8.32. The number of hydrogen-bond donors (Lipinski definition) is 1. The molecule has 1 rings (SSSR count). The molecule has 0 unspecified atom stereocenters. The lowest BCUT2D eigenvalue weighted by Crippen LogP contribution is -2.20. The Hall–Kier alpha value is -0.860. The van der Waals surface area contributed by atoms with Crippen LogP contribution in [0.15, 0.2) is 24.3 Å². The topological polar surface area (TPSA) is 29.5 Å². The van der Waals surface area contributed by atoms with E-state index in [2.05, 4.69) is 31.2 Å². The molecule has 0 amide bonds. The quantitative estimate of drug-likeness (QED) is 0.776. The summed E-state index contributed by atoms with van der Waals surface area (Å²) < 4.78 is 5.38. The van der Waals surface area contributed by atoms with Crippen LogP contribution in [0.2, 0.25) is 0 Å². The lowest BCUT2D eigenvalue weighted by molar-refractivity contribution is 0.0207. The molecule has 2 heteroatoms. The zero-order valence-electron chi connectivity index (χ0n) is 8.86. The van der Waals surface area contributed by atoms with Crippen LogP contribution in [0.1, 0.15) is 18.1 Å². The molecular formula is C12H18O2. The van der Waals surface area contributed by atoms with E-state index in [9.17, 15) is 0 Å². The predicted molar refractivity (Wildman–Crippen MR) is 57.4 cm³/mol. The highest BCUT2D eigenvalue weighted by molar-refractivity contribution is 5.21. The summed E-state index contributed by atoms with van der Waals surface area (Å²) in [6.07, 6.45) is 0.715. The molecule has 1 aromatic rings. The van der Waals surface area contributed by atoms with E-state index < -0.39 is 0 Å². The largest absolute Gasteiger partial charge is 0.394 e. The van der Waals surface area contributed by atoms with Crippen LogP contribution in [-0.4, -0.2) is 24.4 Å². The van der Waals surface area contributed by atoms with Gasteiger partial charge in [-0.1, -0.05) is 29.8 Å². The highest BCUT2D eigenvalue weighted by Gasteiger charge is 2.07. The van der Waals surface area contributed by atoms with Crippen molar-refractivity contribution in [2.24, 2.45) is 0 Å². The lowest BCUT2D eigenvalue weighted by atomic mass is 10.1. The molecule has 14 heavy (non-hydrogen) atoms. The highest BCUT2D eigenvalue weighted by Crippen LogP contribution is 2.07.